The molecule has 0 atom stereocenters. The van der Waals surface area contributed by atoms with Gasteiger partial charge in [-0.1, -0.05) is 23.7 Å². The lowest BCUT2D eigenvalue weighted by Gasteiger charge is -2.06. The van der Waals surface area contributed by atoms with Crippen LogP contribution < -0.4 is 10.5 Å². The molecule has 128 valence electrons. The van der Waals surface area contributed by atoms with Gasteiger partial charge in [-0.2, -0.15) is 0 Å². The molecule has 1 amide bonds. The lowest BCUT2D eigenvalue weighted by Crippen LogP contribution is -2.23. The third-order valence-corrected chi connectivity index (χ3v) is 5.35. The molecule has 2 aromatic carbocycles. The average Bonchev–Trinajstić information content (AvgIpc) is 2.54. The van der Waals surface area contributed by atoms with Gasteiger partial charge in [0.15, 0.2) is 0 Å². The number of benzene rings is 2. The molecule has 0 fully saturated rings. The van der Waals surface area contributed by atoms with Gasteiger partial charge in [0.05, 0.1) is 4.90 Å². The van der Waals surface area contributed by atoms with Crippen LogP contribution >= 0.6 is 23.4 Å². The molecular formula is C16H17ClN2O3S2. The molecule has 2 rings (SSSR count). The zero-order valence-corrected chi connectivity index (χ0v) is 15.1. The van der Waals surface area contributed by atoms with Crippen LogP contribution in [0, 0.1) is 0 Å². The van der Waals surface area contributed by atoms with Crippen molar-refractivity contribution >= 4 is 39.3 Å². The number of thioether (sulfide) groups is 1. The Morgan fingerprint density at radius 2 is 1.71 bits per heavy atom. The molecule has 3 N–H and O–H groups in total. The van der Waals surface area contributed by atoms with E-state index in [1.165, 1.54) is 12.1 Å². The molecule has 0 aliphatic carbocycles. The van der Waals surface area contributed by atoms with Gasteiger partial charge in [0.1, 0.15) is 0 Å². The molecule has 0 aromatic heterocycles. The van der Waals surface area contributed by atoms with Gasteiger partial charge in [0.25, 0.3) is 0 Å². The second-order valence-electron chi connectivity index (χ2n) is 5.02. The predicted molar refractivity (Wildman–Crippen MR) is 96.5 cm³/mol. The molecule has 0 aliphatic heterocycles. The van der Waals surface area contributed by atoms with Gasteiger partial charge in [-0.3, -0.25) is 4.79 Å². The van der Waals surface area contributed by atoms with Gasteiger partial charge in [-0.25, -0.2) is 13.6 Å². The second-order valence-corrected chi connectivity index (χ2v) is 8.18. The standard InChI is InChI=1S/C16H17ClN2O3S2/c17-13-3-5-14(6-4-13)23-10-9-16(20)19-11-12-1-7-15(8-2-12)24(18,21)22/h1-8H,9-11H2,(H,19,20)(H2,18,21,22). The van der Waals surface area contributed by atoms with Crippen molar-refractivity contribution in [2.75, 3.05) is 5.75 Å². The number of hydrogen-bond acceptors (Lipinski definition) is 4. The minimum Gasteiger partial charge on any atom is -0.352 e. The first-order chi connectivity index (χ1) is 11.3. The van der Waals surface area contributed by atoms with E-state index in [1.807, 2.05) is 24.3 Å². The van der Waals surface area contributed by atoms with Crippen LogP contribution in [-0.2, 0) is 21.4 Å². The summed E-state index contributed by atoms with van der Waals surface area (Å²) >= 11 is 7.40. The lowest BCUT2D eigenvalue weighted by molar-refractivity contribution is -0.120. The van der Waals surface area contributed by atoms with E-state index < -0.39 is 10.0 Å². The number of hydrogen-bond donors (Lipinski definition) is 2. The Kier molecular flexibility index (Phi) is 6.68. The third-order valence-electron chi connectivity index (χ3n) is 3.15. The third kappa shape index (κ3) is 6.16. The summed E-state index contributed by atoms with van der Waals surface area (Å²) in [7, 11) is -3.69. The van der Waals surface area contributed by atoms with E-state index in [9.17, 15) is 13.2 Å². The normalized spacial score (nSPS) is 11.2. The van der Waals surface area contributed by atoms with E-state index in [0.717, 1.165) is 10.5 Å². The molecular weight excluding hydrogens is 368 g/mol. The quantitative estimate of drug-likeness (QED) is 0.718. The van der Waals surface area contributed by atoms with E-state index >= 15 is 0 Å². The summed E-state index contributed by atoms with van der Waals surface area (Å²) in [5.41, 5.74) is 0.807. The van der Waals surface area contributed by atoms with Crippen LogP contribution in [0.2, 0.25) is 5.02 Å². The van der Waals surface area contributed by atoms with E-state index in [4.69, 9.17) is 16.7 Å². The highest BCUT2D eigenvalue weighted by Crippen LogP contribution is 2.20. The molecule has 8 heteroatoms. The van der Waals surface area contributed by atoms with E-state index in [2.05, 4.69) is 5.32 Å². The molecule has 0 radical (unpaired) electrons. The van der Waals surface area contributed by atoms with Gasteiger partial charge >= 0.3 is 0 Å². The molecule has 0 saturated carbocycles. The Morgan fingerprint density at radius 3 is 2.29 bits per heavy atom. The van der Waals surface area contributed by atoms with Crippen molar-refractivity contribution < 1.29 is 13.2 Å². The average molecular weight is 385 g/mol. The van der Waals surface area contributed by atoms with Crippen molar-refractivity contribution in [2.45, 2.75) is 22.8 Å². The van der Waals surface area contributed by atoms with Crippen LogP contribution in [0.5, 0.6) is 0 Å². The first-order valence-electron chi connectivity index (χ1n) is 7.11. The summed E-state index contributed by atoms with van der Waals surface area (Å²) in [6, 6.07) is 13.6. The summed E-state index contributed by atoms with van der Waals surface area (Å²) in [5, 5.41) is 8.52. The van der Waals surface area contributed by atoms with E-state index in [1.54, 1.807) is 23.9 Å². The molecule has 0 saturated heterocycles. The first-order valence-corrected chi connectivity index (χ1v) is 10.0. The van der Waals surface area contributed by atoms with Gasteiger partial charge in [-0.05, 0) is 42.0 Å². The van der Waals surface area contributed by atoms with Crippen molar-refractivity contribution in [1.82, 2.24) is 5.32 Å². The molecule has 2 aromatic rings. The molecule has 0 bridgehead atoms. The maximum Gasteiger partial charge on any atom is 0.238 e. The number of carbonyl (C=O) groups excluding carboxylic acids is 1. The van der Waals surface area contributed by atoms with Crippen molar-refractivity contribution in [2.24, 2.45) is 5.14 Å². The summed E-state index contributed by atoms with van der Waals surface area (Å²) in [5.74, 6) is 0.602. The zero-order valence-electron chi connectivity index (χ0n) is 12.7. The maximum absolute atomic E-state index is 11.8. The monoisotopic (exact) mass is 384 g/mol. The number of primary sulfonamides is 1. The lowest BCUT2D eigenvalue weighted by atomic mass is 10.2. The second kappa shape index (κ2) is 8.53. The Morgan fingerprint density at radius 1 is 1.08 bits per heavy atom. The van der Waals surface area contributed by atoms with Crippen LogP contribution in [-0.4, -0.2) is 20.1 Å². The highest BCUT2D eigenvalue weighted by atomic mass is 35.5. The minimum absolute atomic E-state index is 0.0527. The summed E-state index contributed by atoms with van der Waals surface area (Å²) in [6.45, 7) is 0.343. The highest BCUT2D eigenvalue weighted by molar-refractivity contribution is 7.99. The van der Waals surface area contributed by atoms with E-state index in [0.29, 0.717) is 23.7 Å². The zero-order chi connectivity index (χ0) is 17.6. The van der Waals surface area contributed by atoms with Crippen LogP contribution in [0.4, 0.5) is 0 Å². The fourth-order valence-electron chi connectivity index (χ4n) is 1.88. The summed E-state index contributed by atoms with van der Waals surface area (Å²) in [4.78, 5) is 12.9. The van der Waals surface area contributed by atoms with Crippen LogP contribution in [0.15, 0.2) is 58.3 Å². The smallest absolute Gasteiger partial charge is 0.238 e. The predicted octanol–water partition coefficient (Wildman–Crippen LogP) is 2.79. The fraction of sp³-hybridized carbons (Fsp3) is 0.188. The largest absolute Gasteiger partial charge is 0.352 e. The number of nitrogens with two attached hydrogens (primary N) is 1. The van der Waals surface area contributed by atoms with Gasteiger partial charge < -0.3 is 5.32 Å². The molecule has 5 nitrogen and oxygen atoms in total. The number of nitrogens with one attached hydrogen (secondary N) is 1. The van der Waals surface area contributed by atoms with Crippen molar-refractivity contribution in [1.29, 1.82) is 0 Å². The first kappa shape index (κ1) is 18.8. The van der Waals surface area contributed by atoms with Gasteiger partial charge in [0.2, 0.25) is 15.9 Å². The van der Waals surface area contributed by atoms with Crippen LogP contribution in [0.3, 0.4) is 0 Å². The number of sulfonamides is 1. The minimum atomic E-state index is -3.69. The number of halogens is 1. The summed E-state index contributed by atoms with van der Waals surface area (Å²) < 4.78 is 22.3. The van der Waals surface area contributed by atoms with Crippen LogP contribution in [0.1, 0.15) is 12.0 Å². The van der Waals surface area contributed by atoms with E-state index in [-0.39, 0.29) is 10.8 Å². The van der Waals surface area contributed by atoms with Gasteiger partial charge in [-0.15, -0.1) is 11.8 Å². The molecule has 0 spiro atoms. The van der Waals surface area contributed by atoms with Crippen molar-refractivity contribution in [3.05, 3.63) is 59.1 Å². The number of rotatable bonds is 7. The Labute approximate surface area is 150 Å². The Balaban J connectivity index is 1.74. The van der Waals surface area contributed by atoms with Crippen molar-refractivity contribution in [3.63, 3.8) is 0 Å². The number of amides is 1. The molecule has 24 heavy (non-hydrogen) atoms. The van der Waals surface area contributed by atoms with Gasteiger partial charge in [0, 0.05) is 28.6 Å². The molecule has 0 heterocycles. The van der Waals surface area contributed by atoms with Crippen LogP contribution in [0.25, 0.3) is 0 Å². The molecule has 0 unspecified atom stereocenters. The SMILES string of the molecule is NS(=O)(=O)c1ccc(CNC(=O)CCSc2ccc(Cl)cc2)cc1. The number of carbonyl (C=O) groups is 1. The molecule has 0 aliphatic rings. The highest BCUT2D eigenvalue weighted by Gasteiger charge is 2.07. The fourth-order valence-corrected chi connectivity index (χ4v) is 3.37. The topological polar surface area (TPSA) is 89.3 Å². The maximum atomic E-state index is 11.8. The Hall–Kier alpha value is -1.54. The van der Waals surface area contributed by atoms with Crippen molar-refractivity contribution in [3.8, 4) is 0 Å². The summed E-state index contributed by atoms with van der Waals surface area (Å²) in [6.07, 6.45) is 0.391. The Bertz CT molecular complexity index is 791.